The fourth-order valence-corrected chi connectivity index (χ4v) is 1.42. The van der Waals surface area contributed by atoms with Gasteiger partial charge in [-0.05, 0) is 24.6 Å². The number of nitriles is 1. The van der Waals surface area contributed by atoms with Crippen molar-refractivity contribution >= 4 is 11.9 Å². The third-order valence-corrected chi connectivity index (χ3v) is 2.21. The Kier molecular flexibility index (Phi) is 6.62. The van der Waals surface area contributed by atoms with Gasteiger partial charge in [0.1, 0.15) is 11.8 Å². The number of nitrogens with zero attached hydrogens (tertiary/aromatic N) is 1. The average Bonchev–Trinajstić information content (AvgIpc) is 2.44. The van der Waals surface area contributed by atoms with Gasteiger partial charge >= 0.3 is 11.9 Å². The van der Waals surface area contributed by atoms with E-state index in [0.29, 0.717) is 11.3 Å². The van der Waals surface area contributed by atoms with Crippen LogP contribution in [-0.4, -0.2) is 31.8 Å². The maximum absolute atomic E-state index is 11.5. The summed E-state index contributed by atoms with van der Waals surface area (Å²) in [5, 5.41) is 8.42. The van der Waals surface area contributed by atoms with Crippen LogP contribution in [0.25, 0.3) is 0 Å². The number of esters is 2. The molecule has 0 saturated heterocycles. The molecule has 6 heteroatoms. The van der Waals surface area contributed by atoms with Crippen LogP contribution >= 0.6 is 0 Å². The quantitative estimate of drug-likeness (QED) is 0.697. The molecular weight excluding hydrogens is 262 g/mol. The van der Waals surface area contributed by atoms with E-state index in [1.807, 2.05) is 6.07 Å². The summed E-state index contributed by atoms with van der Waals surface area (Å²) in [5.74, 6) is -0.607. The number of carbonyl (C=O) groups is 2. The van der Waals surface area contributed by atoms with Crippen molar-refractivity contribution in [2.75, 3.05) is 19.8 Å². The lowest BCUT2D eigenvalue weighted by Gasteiger charge is -2.06. The van der Waals surface area contributed by atoms with Crippen LogP contribution in [0, 0.1) is 11.3 Å². The average molecular weight is 277 g/mol. The van der Waals surface area contributed by atoms with Crippen molar-refractivity contribution < 1.29 is 23.8 Å². The van der Waals surface area contributed by atoms with Gasteiger partial charge in [-0.3, -0.25) is 4.79 Å². The SMILES string of the molecule is CCOC(=O)COC(=O)Cc1cccc(OCC#N)c1. The normalized spacial score (nSPS) is 9.40. The lowest BCUT2D eigenvalue weighted by Crippen LogP contribution is -2.17. The molecule has 0 saturated carbocycles. The van der Waals surface area contributed by atoms with E-state index in [0.717, 1.165) is 0 Å². The summed E-state index contributed by atoms with van der Waals surface area (Å²) >= 11 is 0. The summed E-state index contributed by atoms with van der Waals surface area (Å²) in [7, 11) is 0. The molecule has 0 unspecified atom stereocenters. The summed E-state index contributed by atoms with van der Waals surface area (Å²) in [6, 6.07) is 8.62. The fourth-order valence-electron chi connectivity index (χ4n) is 1.42. The first-order valence-corrected chi connectivity index (χ1v) is 6.05. The zero-order valence-corrected chi connectivity index (χ0v) is 11.1. The van der Waals surface area contributed by atoms with Crippen LogP contribution in [0.2, 0.25) is 0 Å². The van der Waals surface area contributed by atoms with Gasteiger partial charge < -0.3 is 14.2 Å². The van der Waals surface area contributed by atoms with Crippen LogP contribution in [0.4, 0.5) is 0 Å². The summed E-state index contributed by atoms with van der Waals surface area (Å²) in [6.07, 6.45) is 0.0170. The van der Waals surface area contributed by atoms with E-state index in [9.17, 15) is 9.59 Å². The smallest absolute Gasteiger partial charge is 0.344 e. The highest BCUT2D eigenvalue weighted by Crippen LogP contribution is 2.14. The Labute approximate surface area is 116 Å². The second-order valence-electron chi connectivity index (χ2n) is 3.74. The van der Waals surface area contributed by atoms with Crippen LogP contribution in [0.3, 0.4) is 0 Å². The van der Waals surface area contributed by atoms with E-state index in [4.69, 9.17) is 14.7 Å². The number of carbonyl (C=O) groups excluding carboxylic acids is 2. The number of rotatable bonds is 7. The Morgan fingerprint density at radius 3 is 2.75 bits per heavy atom. The van der Waals surface area contributed by atoms with Gasteiger partial charge in [-0.15, -0.1) is 0 Å². The third kappa shape index (κ3) is 5.87. The molecule has 0 bridgehead atoms. The van der Waals surface area contributed by atoms with E-state index >= 15 is 0 Å². The molecule has 0 atom stereocenters. The Morgan fingerprint density at radius 2 is 2.05 bits per heavy atom. The molecule has 0 aromatic heterocycles. The van der Waals surface area contributed by atoms with Gasteiger partial charge in [0.05, 0.1) is 13.0 Å². The molecule has 106 valence electrons. The highest BCUT2D eigenvalue weighted by Gasteiger charge is 2.09. The zero-order chi connectivity index (χ0) is 14.8. The van der Waals surface area contributed by atoms with Gasteiger partial charge in [-0.2, -0.15) is 5.26 Å². The predicted molar refractivity (Wildman–Crippen MR) is 68.8 cm³/mol. The third-order valence-electron chi connectivity index (χ3n) is 2.21. The van der Waals surface area contributed by atoms with Crippen LogP contribution in [0.5, 0.6) is 5.75 Å². The first kappa shape index (κ1) is 15.5. The Morgan fingerprint density at radius 1 is 1.25 bits per heavy atom. The van der Waals surface area contributed by atoms with Crippen molar-refractivity contribution in [2.45, 2.75) is 13.3 Å². The minimum absolute atomic E-state index is 0.0170. The first-order valence-electron chi connectivity index (χ1n) is 6.05. The molecule has 0 fully saturated rings. The highest BCUT2D eigenvalue weighted by molar-refractivity contribution is 5.77. The van der Waals surface area contributed by atoms with Crippen molar-refractivity contribution in [2.24, 2.45) is 0 Å². The number of benzene rings is 1. The summed E-state index contributed by atoms with van der Waals surface area (Å²) in [5.41, 5.74) is 0.675. The molecule has 0 heterocycles. The molecule has 20 heavy (non-hydrogen) atoms. The summed E-state index contributed by atoms with van der Waals surface area (Å²) in [4.78, 5) is 22.5. The topological polar surface area (TPSA) is 85.6 Å². The van der Waals surface area contributed by atoms with Crippen molar-refractivity contribution in [3.8, 4) is 11.8 Å². The molecule has 0 aliphatic rings. The number of ether oxygens (including phenoxy) is 3. The van der Waals surface area contributed by atoms with Crippen molar-refractivity contribution in [1.82, 2.24) is 0 Å². The largest absolute Gasteiger partial charge is 0.479 e. The van der Waals surface area contributed by atoms with Crippen LogP contribution in [0.1, 0.15) is 12.5 Å². The fraction of sp³-hybridized carbons (Fsp3) is 0.357. The van der Waals surface area contributed by atoms with E-state index in [1.165, 1.54) is 0 Å². The molecular formula is C14H15NO5. The summed E-state index contributed by atoms with van der Waals surface area (Å²) < 4.78 is 14.5. The van der Waals surface area contributed by atoms with E-state index in [2.05, 4.69) is 4.74 Å². The minimum atomic E-state index is -0.577. The molecule has 1 aromatic rings. The molecule has 0 amide bonds. The molecule has 6 nitrogen and oxygen atoms in total. The first-order chi connectivity index (χ1) is 9.65. The van der Waals surface area contributed by atoms with Gasteiger partial charge in [-0.25, -0.2) is 4.79 Å². The van der Waals surface area contributed by atoms with Crippen molar-refractivity contribution in [3.63, 3.8) is 0 Å². The Hall–Kier alpha value is -2.55. The van der Waals surface area contributed by atoms with Gasteiger partial charge in [0.2, 0.25) is 0 Å². The number of hydrogen-bond acceptors (Lipinski definition) is 6. The molecule has 0 N–H and O–H groups in total. The van der Waals surface area contributed by atoms with Crippen LogP contribution < -0.4 is 4.74 Å². The second-order valence-corrected chi connectivity index (χ2v) is 3.74. The van der Waals surface area contributed by atoms with E-state index in [-0.39, 0.29) is 19.6 Å². The summed E-state index contributed by atoms with van der Waals surface area (Å²) in [6.45, 7) is 1.47. The van der Waals surface area contributed by atoms with Gasteiger partial charge in [0, 0.05) is 0 Å². The Balaban J connectivity index is 2.45. The lowest BCUT2D eigenvalue weighted by molar-refractivity contribution is -0.158. The second kappa shape index (κ2) is 8.53. The van der Waals surface area contributed by atoms with Gasteiger partial charge in [0.15, 0.2) is 13.2 Å². The maximum Gasteiger partial charge on any atom is 0.344 e. The highest BCUT2D eigenvalue weighted by atomic mass is 16.6. The lowest BCUT2D eigenvalue weighted by atomic mass is 10.1. The Bertz CT molecular complexity index is 507. The van der Waals surface area contributed by atoms with Gasteiger partial charge in [-0.1, -0.05) is 12.1 Å². The molecule has 0 radical (unpaired) electrons. The van der Waals surface area contributed by atoms with Gasteiger partial charge in [0.25, 0.3) is 0 Å². The van der Waals surface area contributed by atoms with Crippen molar-refractivity contribution in [1.29, 1.82) is 5.26 Å². The molecule has 1 aromatic carbocycles. The van der Waals surface area contributed by atoms with E-state index < -0.39 is 18.5 Å². The minimum Gasteiger partial charge on any atom is -0.479 e. The van der Waals surface area contributed by atoms with Crippen LogP contribution in [-0.2, 0) is 25.5 Å². The zero-order valence-electron chi connectivity index (χ0n) is 11.1. The molecule has 0 aliphatic heterocycles. The predicted octanol–water partition coefficient (Wildman–Crippen LogP) is 1.24. The molecule has 0 aliphatic carbocycles. The maximum atomic E-state index is 11.5. The monoisotopic (exact) mass is 277 g/mol. The van der Waals surface area contributed by atoms with Crippen molar-refractivity contribution in [3.05, 3.63) is 29.8 Å². The van der Waals surface area contributed by atoms with E-state index in [1.54, 1.807) is 31.2 Å². The standard InChI is InChI=1S/C14H15NO5/c1-2-18-14(17)10-20-13(16)9-11-4-3-5-12(8-11)19-7-6-15/h3-5,8H,2,7,9-10H2,1H3. The molecule has 0 spiro atoms. The molecule has 1 rings (SSSR count). The van der Waals surface area contributed by atoms with Crippen LogP contribution in [0.15, 0.2) is 24.3 Å². The number of hydrogen-bond donors (Lipinski definition) is 0.